The average molecular weight is 569 g/mol. The van der Waals surface area contributed by atoms with Gasteiger partial charge < -0.3 is 5.73 Å². The molecule has 4 nitrogen and oxygen atoms in total. The number of allylic oxidation sites excluding steroid dienone is 12. The second-order valence-corrected chi connectivity index (χ2v) is 9.18. The van der Waals surface area contributed by atoms with Crippen molar-refractivity contribution < 1.29 is 0 Å². The summed E-state index contributed by atoms with van der Waals surface area (Å²) in [7, 11) is 0. The van der Waals surface area contributed by atoms with E-state index < -0.39 is 0 Å². The first-order chi connectivity index (χ1) is 19.0. The first-order valence-electron chi connectivity index (χ1n) is 14.8. The highest BCUT2D eigenvalue weighted by Gasteiger charge is 2.22. The van der Waals surface area contributed by atoms with E-state index in [2.05, 4.69) is 82.6 Å². The molecule has 4 N–H and O–H groups in total. The summed E-state index contributed by atoms with van der Waals surface area (Å²) in [5, 5.41) is 1.50. The van der Waals surface area contributed by atoms with Gasteiger partial charge in [0.2, 0.25) is 0 Å². The van der Waals surface area contributed by atoms with Gasteiger partial charge in [0.1, 0.15) is 0 Å². The van der Waals surface area contributed by atoms with Crippen LogP contribution in [0.5, 0.6) is 0 Å². The van der Waals surface area contributed by atoms with Crippen LogP contribution in [-0.2, 0) is 6.42 Å². The molecule has 0 amide bonds. The van der Waals surface area contributed by atoms with Gasteiger partial charge >= 0.3 is 0 Å². The molecule has 41 heavy (non-hydrogen) atoms. The molecule has 4 heteroatoms. The molecule has 1 heterocycles. The fraction of sp³-hybridized carbons (Fsp3) is 0.486. The minimum atomic E-state index is 0. The molecule has 1 unspecified atom stereocenters. The van der Waals surface area contributed by atoms with Crippen LogP contribution in [0.25, 0.3) is 0 Å². The summed E-state index contributed by atoms with van der Waals surface area (Å²) in [6, 6.07) is 6.07. The van der Waals surface area contributed by atoms with Crippen LogP contribution in [0.3, 0.4) is 0 Å². The Bertz CT molecular complexity index is 883. The Morgan fingerprint density at radius 3 is 2.02 bits per heavy atom. The molecule has 236 valence electrons. The summed E-state index contributed by atoms with van der Waals surface area (Å²) in [5.41, 5.74) is 9.67. The van der Waals surface area contributed by atoms with Crippen molar-refractivity contribution in [3.8, 4) is 0 Å². The number of hydrazine groups is 1. The molecule has 0 spiro atoms. The first kappa shape index (κ1) is 47.7. The van der Waals surface area contributed by atoms with Crippen LogP contribution in [0.2, 0.25) is 0 Å². The van der Waals surface area contributed by atoms with Gasteiger partial charge in [-0.15, -0.1) is 6.58 Å². The first-order valence-corrected chi connectivity index (χ1v) is 14.8. The average Bonchev–Trinajstić information content (AvgIpc) is 3.13. The van der Waals surface area contributed by atoms with E-state index in [-0.39, 0.29) is 12.8 Å². The van der Waals surface area contributed by atoms with Crippen molar-refractivity contribution in [2.75, 3.05) is 0 Å². The van der Waals surface area contributed by atoms with Crippen LogP contribution >= 0.6 is 0 Å². The van der Waals surface area contributed by atoms with Crippen LogP contribution in [0.4, 0.5) is 0 Å². The molecule has 0 fully saturated rings. The van der Waals surface area contributed by atoms with Crippen molar-refractivity contribution in [3.63, 3.8) is 0 Å². The number of pyridine rings is 1. The van der Waals surface area contributed by atoms with Crippen molar-refractivity contribution in [1.82, 2.24) is 9.99 Å². The minimum absolute atomic E-state index is 0. The molecule has 0 aromatic carbocycles. The molecule has 1 aromatic heterocycles. The van der Waals surface area contributed by atoms with Crippen LogP contribution in [0, 0.1) is 11.3 Å². The van der Waals surface area contributed by atoms with E-state index in [4.69, 9.17) is 11.6 Å². The smallest absolute Gasteiger partial charge is 0.0447 e. The lowest BCUT2D eigenvalue weighted by molar-refractivity contribution is 0.383. The van der Waals surface area contributed by atoms with Crippen molar-refractivity contribution in [3.05, 3.63) is 115 Å². The van der Waals surface area contributed by atoms with E-state index in [9.17, 15) is 0 Å². The number of aromatic nitrogens is 1. The summed E-state index contributed by atoms with van der Waals surface area (Å²) in [5.74, 6) is 6.24. The van der Waals surface area contributed by atoms with Gasteiger partial charge in [0, 0.05) is 41.3 Å². The Morgan fingerprint density at radius 1 is 1.07 bits per heavy atom. The molecule has 0 saturated carbocycles. The molecule has 0 aliphatic heterocycles. The van der Waals surface area contributed by atoms with Crippen LogP contribution in [0.1, 0.15) is 110 Å². The van der Waals surface area contributed by atoms with Crippen molar-refractivity contribution in [2.24, 2.45) is 22.9 Å². The van der Waals surface area contributed by atoms with Gasteiger partial charge in [0.05, 0.1) is 0 Å². The van der Waals surface area contributed by atoms with E-state index in [0.29, 0.717) is 11.6 Å². The summed E-state index contributed by atoms with van der Waals surface area (Å²) in [6.07, 6.45) is 24.4. The zero-order valence-electron chi connectivity index (χ0n) is 28.3. The number of nitrogens with two attached hydrogens (primary N) is 2. The maximum atomic E-state index is 5.63. The SMILES string of the molecule is C.C/C=C\C=C(/C)N(N)/C=C(/C)N.C=CC.CC.CC.CC(C)C1(C)C=CC=C(Cc2ccccn2)C=C1.CCC. The number of hydrogen-bond donors (Lipinski definition) is 2. The summed E-state index contributed by atoms with van der Waals surface area (Å²) >= 11 is 0. The quantitative estimate of drug-likeness (QED) is 0.155. The summed E-state index contributed by atoms with van der Waals surface area (Å²) in [6.45, 7) is 30.0. The van der Waals surface area contributed by atoms with E-state index in [0.717, 1.165) is 17.8 Å². The van der Waals surface area contributed by atoms with E-state index >= 15 is 0 Å². The van der Waals surface area contributed by atoms with Crippen molar-refractivity contribution >= 4 is 0 Å². The van der Waals surface area contributed by atoms with Gasteiger partial charge in [-0.05, 0) is 57.4 Å². The normalized spacial score (nSPS) is 15.2. The Balaban J connectivity index is -0.000000163. The van der Waals surface area contributed by atoms with Crippen molar-refractivity contribution in [1.29, 1.82) is 0 Å². The van der Waals surface area contributed by atoms with Crippen LogP contribution < -0.4 is 11.6 Å². The van der Waals surface area contributed by atoms with Crippen LogP contribution in [-0.4, -0.2) is 9.99 Å². The Kier molecular flexibility index (Phi) is 38.5. The second kappa shape index (κ2) is 33.1. The molecule has 1 aromatic rings. The van der Waals surface area contributed by atoms with E-state index in [1.54, 1.807) is 19.2 Å². The summed E-state index contributed by atoms with van der Waals surface area (Å²) in [4.78, 5) is 4.38. The van der Waals surface area contributed by atoms with Gasteiger partial charge in [0.15, 0.2) is 0 Å². The summed E-state index contributed by atoms with van der Waals surface area (Å²) < 4.78 is 0. The largest absolute Gasteiger partial charge is 0.401 e. The molecule has 0 bridgehead atoms. The lowest BCUT2D eigenvalue weighted by Crippen LogP contribution is -2.23. The third-order valence-corrected chi connectivity index (χ3v) is 5.06. The predicted octanol–water partition coefficient (Wildman–Crippen LogP) is 11.1. The fourth-order valence-electron chi connectivity index (χ4n) is 2.63. The second-order valence-electron chi connectivity index (χ2n) is 9.18. The molecule has 0 radical (unpaired) electrons. The Labute approximate surface area is 257 Å². The lowest BCUT2D eigenvalue weighted by atomic mass is 9.79. The van der Waals surface area contributed by atoms with E-state index in [1.165, 1.54) is 17.0 Å². The van der Waals surface area contributed by atoms with Gasteiger partial charge in [-0.1, -0.05) is 131 Å². The zero-order valence-corrected chi connectivity index (χ0v) is 28.3. The highest BCUT2D eigenvalue weighted by molar-refractivity contribution is 5.34. The monoisotopic (exact) mass is 569 g/mol. The predicted molar refractivity (Wildman–Crippen MR) is 191 cm³/mol. The van der Waals surface area contributed by atoms with Crippen LogP contribution in [0.15, 0.2) is 109 Å². The zero-order chi connectivity index (χ0) is 32.0. The number of nitrogens with zero attached hydrogens (tertiary/aromatic N) is 2. The fourth-order valence-corrected chi connectivity index (χ4v) is 2.63. The highest BCUT2D eigenvalue weighted by Crippen LogP contribution is 2.32. The van der Waals surface area contributed by atoms with Gasteiger partial charge in [-0.3, -0.25) is 9.99 Å². The third-order valence-electron chi connectivity index (χ3n) is 5.06. The molecule has 2 rings (SSSR count). The third kappa shape index (κ3) is 28.2. The van der Waals surface area contributed by atoms with Gasteiger partial charge in [0.25, 0.3) is 0 Å². The van der Waals surface area contributed by atoms with Crippen molar-refractivity contribution in [2.45, 2.75) is 110 Å². The Hall–Kier alpha value is -3.11. The molecule has 1 atom stereocenters. The molecule has 0 saturated heterocycles. The molecular formula is C37H68N4. The molecule has 1 aliphatic rings. The topological polar surface area (TPSA) is 68.2 Å². The molecule has 1 aliphatic carbocycles. The van der Waals surface area contributed by atoms with Gasteiger partial charge in [-0.2, -0.15) is 0 Å². The van der Waals surface area contributed by atoms with Gasteiger partial charge in [-0.25, -0.2) is 5.84 Å². The number of rotatable bonds is 6. The standard InChI is InChI=1S/C17H21N.C9H17N3.C3H8.C3H6.2C2H6.CH4/c1-14(2)17(3)10-6-7-15(9-11-17)13-16-8-4-5-12-18-16;1-4-5-6-9(3)12(11)7-8(2)10;2*1-3-2;2*1-2;/h4-12,14H,13H2,1-3H3;4-7H,10-11H2,1-3H3;3H2,1-2H3;3H,1H2,2H3;2*1-2H3;1H4/b;5-4-,8-7-,9-6+;;;;;. The Morgan fingerprint density at radius 2 is 1.61 bits per heavy atom. The number of hydrogen-bond acceptors (Lipinski definition) is 4. The molecular weight excluding hydrogens is 500 g/mol. The van der Waals surface area contributed by atoms with E-state index in [1.807, 2.05) is 85.0 Å². The highest BCUT2D eigenvalue weighted by atomic mass is 15.4. The maximum absolute atomic E-state index is 5.63. The maximum Gasteiger partial charge on any atom is 0.0447 e. The minimum Gasteiger partial charge on any atom is -0.401 e. The lowest BCUT2D eigenvalue weighted by Gasteiger charge is -2.26.